The second-order valence-electron chi connectivity index (χ2n) is 9.39. The molecular weight excluding hydrogens is 408 g/mol. The van der Waals surface area contributed by atoms with E-state index in [0.717, 1.165) is 34.4 Å². The van der Waals surface area contributed by atoms with E-state index < -0.39 is 6.29 Å². The molecule has 1 N–H and O–H groups in total. The zero-order chi connectivity index (χ0) is 22.9. The van der Waals surface area contributed by atoms with Gasteiger partial charge in [0, 0.05) is 19.6 Å². The normalized spacial score (nSPS) is 14.3. The Labute approximate surface area is 188 Å². The third-order valence-electron chi connectivity index (χ3n) is 5.67. The highest BCUT2D eigenvalue weighted by Crippen LogP contribution is 2.37. The monoisotopic (exact) mass is 440 g/mol. The van der Waals surface area contributed by atoms with Gasteiger partial charge in [-0.05, 0) is 60.4 Å². The molecule has 1 aliphatic carbocycles. The van der Waals surface area contributed by atoms with Crippen molar-refractivity contribution in [2.45, 2.75) is 52.2 Å². The molecule has 0 radical (unpaired) electrons. The van der Waals surface area contributed by atoms with Crippen LogP contribution in [0.1, 0.15) is 44.7 Å². The molecule has 1 saturated carbocycles. The Hall–Kier alpha value is -2.71. The minimum absolute atomic E-state index is 0.105. The lowest BCUT2D eigenvalue weighted by atomic mass is 9.84. The fraction of sp³-hybridized carbons (Fsp3) is 0.542. The summed E-state index contributed by atoms with van der Waals surface area (Å²) in [4.78, 5) is 4.93. The zero-order valence-corrected chi connectivity index (χ0v) is 19.7. The van der Waals surface area contributed by atoms with Crippen LogP contribution in [-0.4, -0.2) is 48.8 Å². The molecule has 1 aromatic carbocycles. The molecule has 3 aromatic rings. The van der Waals surface area contributed by atoms with E-state index in [2.05, 4.69) is 55.3 Å². The molecule has 8 nitrogen and oxygen atoms in total. The maximum Gasteiger partial charge on any atom is 0.315 e. The molecule has 2 heterocycles. The number of aromatic nitrogens is 3. The minimum atomic E-state index is -0.405. The van der Waals surface area contributed by atoms with Crippen LogP contribution in [0.3, 0.4) is 0 Å². The quantitative estimate of drug-likeness (QED) is 0.478. The molecular formula is C24H32N4O4. The maximum atomic E-state index is 6.11. The van der Waals surface area contributed by atoms with Crippen molar-refractivity contribution in [1.82, 2.24) is 15.2 Å². The van der Waals surface area contributed by atoms with Crippen LogP contribution in [0.25, 0.3) is 22.5 Å². The lowest BCUT2D eigenvalue weighted by molar-refractivity contribution is -0.0916. The topological polar surface area (TPSA) is 91.5 Å². The number of hydrogen-bond acceptors (Lipinski definition) is 8. The minimum Gasteiger partial charge on any atom is -0.493 e. The molecule has 0 unspecified atom stereocenters. The molecule has 0 amide bonds. The first-order valence-electron chi connectivity index (χ1n) is 11.0. The number of pyridine rings is 1. The summed E-state index contributed by atoms with van der Waals surface area (Å²) < 4.78 is 22.3. The first-order valence-corrected chi connectivity index (χ1v) is 11.0. The van der Waals surface area contributed by atoms with Crippen LogP contribution in [-0.2, 0) is 14.9 Å². The summed E-state index contributed by atoms with van der Waals surface area (Å²) in [5.41, 5.74) is 3.68. The SMILES string of the molecule is COC(CNc1nnc(-c2cc(C)c3cc(OCC4CC4)cc(C(C)(C)C)c3n2)o1)OC. The van der Waals surface area contributed by atoms with Crippen LogP contribution in [0.5, 0.6) is 5.75 Å². The lowest BCUT2D eigenvalue weighted by Gasteiger charge is -2.23. The predicted molar refractivity (Wildman–Crippen MR) is 123 cm³/mol. The molecule has 8 heteroatoms. The number of fused-ring (bicyclic) bond motifs is 1. The van der Waals surface area contributed by atoms with Gasteiger partial charge in [-0.2, -0.15) is 0 Å². The van der Waals surface area contributed by atoms with Crippen LogP contribution in [0, 0.1) is 12.8 Å². The summed E-state index contributed by atoms with van der Waals surface area (Å²) in [5.74, 6) is 1.97. The number of aryl methyl sites for hydroxylation is 1. The van der Waals surface area contributed by atoms with E-state index in [1.54, 1.807) is 14.2 Å². The second-order valence-corrected chi connectivity index (χ2v) is 9.39. The highest BCUT2D eigenvalue weighted by Gasteiger charge is 2.24. The van der Waals surface area contributed by atoms with Crippen LogP contribution in [0.4, 0.5) is 6.01 Å². The van der Waals surface area contributed by atoms with Crippen molar-refractivity contribution in [1.29, 1.82) is 0 Å². The fourth-order valence-corrected chi connectivity index (χ4v) is 3.56. The number of methoxy groups -OCH3 is 2. The summed E-state index contributed by atoms with van der Waals surface area (Å²) in [5, 5.41) is 12.4. The third-order valence-corrected chi connectivity index (χ3v) is 5.67. The molecule has 2 aromatic heterocycles. The smallest absolute Gasteiger partial charge is 0.315 e. The van der Waals surface area contributed by atoms with Gasteiger partial charge in [0.2, 0.25) is 0 Å². The predicted octanol–water partition coefficient (Wildman–Crippen LogP) is 4.71. The first kappa shape index (κ1) is 22.5. The standard InChI is InChI=1S/C24H32N4O4/c1-14-9-19(22-27-28-23(32-22)25-12-20(29-5)30-6)26-21-17(14)10-16(31-13-15-7-8-15)11-18(21)24(2,3)4/h9-11,15,20H,7-8,12-13H2,1-6H3,(H,25,28). The highest BCUT2D eigenvalue weighted by molar-refractivity contribution is 5.89. The number of anilines is 1. The molecule has 32 heavy (non-hydrogen) atoms. The maximum absolute atomic E-state index is 6.11. The van der Waals surface area contributed by atoms with Crippen molar-refractivity contribution in [2.75, 3.05) is 32.7 Å². The summed E-state index contributed by atoms with van der Waals surface area (Å²) in [6, 6.07) is 6.48. The van der Waals surface area contributed by atoms with E-state index in [-0.39, 0.29) is 5.41 Å². The van der Waals surface area contributed by atoms with Crippen molar-refractivity contribution >= 4 is 16.9 Å². The number of nitrogens with one attached hydrogen (secondary N) is 1. The van der Waals surface area contributed by atoms with Gasteiger partial charge in [0.1, 0.15) is 11.4 Å². The van der Waals surface area contributed by atoms with Crippen LogP contribution in [0.2, 0.25) is 0 Å². The fourth-order valence-electron chi connectivity index (χ4n) is 3.56. The molecule has 0 aliphatic heterocycles. The van der Waals surface area contributed by atoms with Crippen molar-refractivity contribution in [3.8, 4) is 17.3 Å². The lowest BCUT2D eigenvalue weighted by Crippen LogP contribution is -2.23. The molecule has 1 fully saturated rings. The van der Waals surface area contributed by atoms with Crippen LogP contribution >= 0.6 is 0 Å². The summed E-state index contributed by atoms with van der Waals surface area (Å²) in [7, 11) is 3.15. The van der Waals surface area contributed by atoms with Gasteiger partial charge in [0.25, 0.3) is 5.89 Å². The van der Waals surface area contributed by atoms with Gasteiger partial charge in [-0.3, -0.25) is 0 Å². The Morgan fingerprint density at radius 1 is 1.12 bits per heavy atom. The van der Waals surface area contributed by atoms with E-state index in [9.17, 15) is 0 Å². The van der Waals surface area contributed by atoms with Crippen molar-refractivity contribution < 1.29 is 18.6 Å². The van der Waals surface area contributed by atoms with Crippen molar-refractivity contribution in [3.05, 3.63) is 29.3 Å². The molecule has 0 saturated heterocycles. The number of benzene rings is 1. The van der Waals surface area contributed by atoms with Gasteiger partial charge in [0.05, 0.1) is 18.7 Å². The average molecular weight is 441 g/mol. The van der Waals surface area contributed by atoms with Crippen molar-refractivity contribution in [2.24, 2.45) is 5.92 Å². The largest absolute Gasteiger partial charge is 0.493 e. The highest BCUT2D eigenvalue weighted by atomic mass is 16.7. The number of nitrogens with zero attached hydrogens (tertiary/aromatic N) is 3. The first-order chi connectivity index (χ1) is 15.3. The third kappa shape index (κ3) is 5.02. The Balaban J connectivity index is 1.67. The van der Waals surface area contributed by atoms with Gasteiger partial charge in [-0.1, -0.05) is 25.9 Å². The average Bonchev–Trinajstić information content (AvgIpc) is 3.47. The van der Waals surface area contributed by atoms with E-state index in [1.165, 1.54) is 12.8 Å². The number of rotatable bonds is 9. The van der Waals surface area contributed by atoms with Crippen LogP contribution < -0.4 is 10.1 Å². The van der Waals surface area contributed by atoms with Gasteiger partial charge in [0.15, 0.2) is 6.29 Å². The van der Waals surface area contributed by atoms with E-state index in [4.69, 9.17) is 23.6 Å². The number of ether oxygens (including phenoxy) is 3. The van der Waals surface area contributed by atoms with Crippen LogP contribution in [0.15, 0.2) is 22.6 Å². The Morgan fingerprint density at radius 2 is 1.88 bits per heavy atom. The summed E-state index contributed by atoms with van der Waals surface area (Å²) in [6.45, 7) is 9.80. The second kappa shape index (κ2) is 9.03. The molecule has 0 atom stereocenters. The Bertz CT molecular complexity index is 1080. The Morgan fingerprint density at radius 3 is 2.53 bits per heavy atom. The molecule has 4 rings (SSSR count). The molecule has 0 spiro atoms. The summed E-state index contributed by atoms with van der Waals surface area (Å²) in [6.07, 6.45) is 2.13. The number of hydrogen-bond donors (Lipinski definition) is 1. The van der Waals surface area contributed by atoms with Gasteiger partial charge >= 0.3 is 6.01 Å². The van der Waals surface area contributed by atoms with E-state index >= 15 is 0 Å². The molecule has 172 valence electrons. The molecule has 1 aliphatic rings. The van der Waals surface area contributed by atoms with Gasteiger partial charge in [-0.15, -0.1) is 5.10 Å². The zero-order valence-electron chi connectivity index (χ0n) is 19.7. The van der Waals surface area contributed by atoms with Gasteiger partial charge in [-0.25, -0.2) is 4.98 Å². The Kier molecular flexibility index (Phi) is 6.35. The van der Waals surface area contributed by atoms with Crippen molar-refractivity contribution in [3.63, 3.8) is 0 Å². The molecule has 0 bridgehead atoms. The van der Waals surface area contributed by atoms with Gasteiger partial charge < -0.3 is 23.9 Å². The van der Waals surface area contributed by atoms with E-state index in [1.807, 2.05) is 6.07 Å². The summed E-state index contributed by atoms with van der Waals surface area (Å²) >= 11 is 0. The van der Waals surface area contributed by atoms with E-state index in [0.29, 0.717) is 30.1 Å².